The summed E-state index contributed by atoms with van der Waals surface area (Å²) in [6.07, 6.45) is 0.785. The Bertz CT molecular complexity index is 1130. The number of nitro groups is 4. The molecule has 0 aliphatic carbocycles. The number of phenolic OH excluding ortho intramolecular Hbond substituents is 1. The van der Waals surface area contributed by atoms with E-state index in [0.717, 1.165) is 26.1 Å². The van der Waals surface area contributed by atoms with E-state index in [9.17, 15) is 45.3 Å². The summed E-state index contributed by atoms with van der Waals surface area (Å²) in [5, 5.41) is 51.3. The molecule has 0 atom stereocenters. The first-order valence-electron chi connectivity index (χ1n) is 10.9. The zero-order chi connectivity index (χ0) is 28.3. The number of hydrogen-bond acceptors (Lipinski definition) is 11. The number of carbonyl (C=O) groups is 1. The number of carbonyl (C=O) groups excluding carboxylic acids is 1. The fraction of sp³-hybridized carbons (Fsp3) is 0.381. The third-order valence-corrected chi connectivity index (χ3v) is 5.16. The number of phenols is 1. The van der Waals surface area contributed by atoms with Crippen molar-refractivity contribution in [2.75, 3.05) is 31.1 Å². The molecule has 1 amide bonds. The van der Waals surface area contributed by atoms with Crippen LogP contribution in [0.5, 0.6) is 5.75 Å². The monoisotopic (exact) mass is 522 g/mol. The van der Waals surface area contributed by atoms with Crippen molar-refractivity contribution in [3.63, 3.8) is 0 Å². The molecule has 0 bridgehead atoms. The molecule has 16 nitrogen and oxygen atoms in total. The van der Waals surface area contributed by atoms with Gasteiger partial charge in [0.15, 0.2) is 0 Å². The van der Waals surface area contributed by atoms with Crippen LogP contribution in [0.15, 0.2) is 36.4 Å². The summed E-state index contributed by atoms with van der Waals surface area (Å²) in [5.74, 6) is -1.38. The van der Waals surface area contributed by atoms with Crippen LogP contribution in [-0.4, -0.2) is 61.8 Å². The SMILES string of the molecule is CCN(CC)CCCN(C(C)=O)c1ccccc1[N+](=O)[O-].O=[N+]([O-])c1cc([N+](=O)[O-])c(O)c([N+](=O)[O-])c1. The highest BCUT2D eigenvalue weighted by atomic mass is 16.6. The Morgan fingerprint density at radius 1 is 0.811 bits per heavy atom. The summed E-state index contributed by atoms with van der Waals surface area (Å²) in [4.78, 5) is 54.0. The Morgan fingerprint density at radius 2 is 1.30 bits per heavy atom. The van der Waals surface area contributed by atoms with E-state index >= 15 is 0 Å². The number of benzene rings is 2. The molecule has 0 aliphatic heterocycles. The van der Waals surface area contributed by atoms with Crippen molar-refractivity contribution < 1.29 is 29.6 Å². The van der Waals surface area contributed by atoms with Crippen molar-refractivity contribution in [3.05, 3.63) is 76.9 Å². The van der Waals surface area contributed by atoms with E-state index in [1.807, 2.05) is 0 Å². The minimum absolute atomic E-state index is 0.0319. The summed E-state index contributed by atoms with van der Waals surface area (Å²) in [5.41, 5.74) is -2.66. The van der Waals surface area contributed by atoms with Crippen LogP contribution in [0.25, 0.3) is 0 Å². The van der Waals surface area contributed by atoms with Crippen LogP contribution in [-0.2, 0) is 4.79 Å². The molecule has 2 aromatic carbocycles. The van der Waals surface area contributed by atoms with E-state index in [1.54, 1.807) is 18.2 Å². The third-order valence-electron chi connectivity index (χ3n) is 5.16. The highest BCUT2D eigenvalue weighted by Gasteiger charge is 2.30. The molecule has 0 aliphatic rings. The lowest BCUT2D eigenvalue weighted by Gasteiger charge is -2.23. The number of aromatic hydroxyl groups is 1. The van der Waals surface area contributed by atoms with Crippen LogP contribution in [0, 0.1) is 40.5 Å². The van der Waals surface area contributed by atoms with E-state index in [1.165, 1.54) is 17.9 Å². The van der Waals surface area contributed by atoms with Gasteiger partial charge >= 0.3 is 11.4 Å². The molecule has 2 aromatic rings. The average molecular weight is 522 g/mol. The van der Waals surface area contributed by atoms with Gasteiger partial charge in [0.25, 0.3) is 17.1 Å². The van der Waals surface area contributed by atoms with Gasteiger partial charge in [-0.05, 0) is 32.1 Å². The third kappa shape index (κ3) is 8.46. The Kier molecular flexibility index (Phi) is 11.4. The number of rotatable bonds is 11. The minimum atomic E-state index is -1.21. The molecule has 0 saturated carbocycles. The average Bonchev–Trinajstić information content (AvgIpc) is 2.84. The second kappa shape index (κ2) is 14.0. The van der Waals surface area contributed by atoms with Gasteiger partial charge in [-0.1, -0.05) is 26.0 Å². The Morgan fingerprint density at radius 3 is 1.70 bits per heavy atom. The number of hydrogen-bond donors (Lipinski definition) is 1. The number of amides is 1. The van der Waals surface area contributed by atoms with Gasteiger partial charge in [0.05, 0.1) is 31.8 Å². The van der Waals surface area contributed by atoms with E-state index in [4.69, 9.17) is 5.11 Å². The molecule has 0 heterocycles. The van der Waals surface area contributed by atoms with Gasteiger partial charge in [0.2, 0.25) is 5.91 Å². The molecule has 1 N–H and O–H groups in total. The molecule has 16 heteroatoms. The molecule has 0 aromatic heterocycles. The molecule has 2 rings (SSSR count). The fourth-order valence-electron chi connectivity index (χ4n) is 3.26. The normalized spacial score (nSPS) is 10.3. The van der Waals surface area contributed by atoms with Gasteiger partial charge in [-0.25, -0.2) is 0 Å². The summed E-state index contributed by atoms with van der Waals surface area (Å²) >= 11 is 0. The fourth-order valence-corrected chi connectivity index (χ4v) is 3.26. The molecular weight excluding hydrogens is 496 g/mol. The summed E-state index contributed by atoms with van der Waals surface area (Å²) in [6, 6.07) is 7.26. The van der Waals surface area contributed by atoms with Crippen molar-refractivity contribution in [1.29, 1.82) is 0 Å². The largest absolute Gasteiger partial charge is 0.497 e. The first-order valence-corrected chi connectivity index (χ1v) is 10.9. The van der Waals surface area contributed by atoms with E-state index in [-0.39, 0.29) is 11.6 Å². The molecular formula is C21H26N6O10. The number of non-ortho nitro benzene ring substituents is 1. The van der Waals surface area contributed by atoms with E-state index in [0.29, 0.717) is 24.4 Å². The van der Waals surface area contributed by atoms with Gasteiger partial charge < -0.3 is 14.9 Å². The molecule has 0 radical (unpaired) electrons. The molecule has 0 unspecified atom stereocenters. The predicted octanol–water partition coefficient (Wildman–Crippen LogP) is 3.80. The highest BCUT2D eigenvalue weighted by molar-refractivity contribution is 5.93. The number of para-hydroxylation sites is 2. The maximum Gasteiger partial charge on any atom is 0.324 e. The number of anilines is 1. The molecule has 0 saturated heterocycles. The second-order valence-corrected chi connectivity index (χ2v) is 7.40. The maximum absolute atomic E-state index is 11.8. The van der Waals surface area contributed by atoms with Gasteiger partial charge in [-0.2, -0.15) is 0 Å². The minimum Gasteiger partial charge on any atom is -0.497 e. The quantitative estimate of drug-likeness (QED) is 0.330. The maximum atomic E-state index is 11.8. The van der Waals surface area contributed by atoms with E-state index in [2.05, 4.69) is 18.7 Å². The van der Waals surface area contributed by atoms with Crippen LogP contribution in [0.3, 0.4) is 0 Å². The van der Waals surface area contributed by atoms with Crippen molar-refractivity contribution in [1.82, 2.24) is 4.90 Å². The Labute approximate surface area is 210 Å². The van der Waals surface area contributed by atoms with Gasteiger partial charge in [-0.3, -0.25) is 45.3 Å². The van der Waals surface area contributed by atoms with Crippen molar-refractivity contribution in [2.24, 2.45) is 0 Å². The zero-order valence-electron chi connectivity index (χ0n) is 20.3. The number of nitro benzene ring substituents is 4. The molecule has 37 heavy (non-hydrogen) atoms. The Balaban J connectivity index is 0.000000384. The molecule has 0 spiro atoms. The highest BCUT2D eigenvalue weighted by Crippen LogP contribution is 2.39. The van der Waals surface area contributed by atoms with Crippen molar-refractivity contribution in [3.8, 4) is 5.75 Å². The standard InChI is InChI=1S/C15H23N3O3.C6H3N3O7/c1-4-16(5-2)11-8-12-17(13(3)19)14-9-6-7-10-15(14)18(20)21;10-6-4(8(13)14)1-3(7(11)12)2-5(6)9(15)16/h6-7,9-10H,4-5,8,11-12H2,1-3H3;1-2,10H. The number of nitrogens with zero attached hydrogens (tertiary/aromatic N) is 6. The van der Waals surface area contributed by atoms with Crippen LogP contribution in [0.4, 0.5) is 28.4 Å². The lowest BCUT2D eigenvalue weighted by atomic mass is 10.2. The summed E-state index contributed by atoms with van der Waals surface area (Å²) < 4.78 is 0. The van der Waals surface area contributed by atoms with Crippen molar-refractivity contribution >= 4 is 34.3 Å². The van der Waals surface area contributed by atoms with Gasteiger partial charge in [-0.15, -0.1) is 0 Å². The van der Waals surface area contributed by atoms with Crippen LogP contribution < -0.4 is 4.90 Å². The lowest BCUT2D eigenvalue weighted by Crippen LogP contribution is -2.33. The van der Waals surface area contributed by atoms with Gasteiger partial charge in [0.1, 0.15) is 5.69 Å². The first kappa shape index (κ1) is 30.3. The van der Waals surface area contributed by atoms with Crippen LogP contribution >= 0.6 is 0 Å². The van der Waals surface area contributed by atoms with E-state index < -0.39 is 42.5 Å². The molecule has 200 valence electrons. The first-order chi connectivity index (χ1) is 17.3. The topological polar surface area (TPSA) is 216 Å². The second-order valence-electron chi connectivity index (χ2n) is 7.40. The summed E-state index contributed by atoms with van der Waals surface area (Å²) in [7, 11) is 0. The smallest absolute Gasteiger partial charge is 0.324 e. The van der Waals surface area contributed by atoms with Crippen LogP contribution in [0.2, 0.25) is 0 Å². The predicted molar refractivity (Wildman–Crippen MR) is 132 cm³/mol. The Hall–Kier alpha value is -4.73. The van der Waals surface area contributed by atoms with Gasteiger partial charge in [0, 0.05) is 19.5 Å². The summed E-state index contributed by atoms with van der Waals surface area (Å²) in [6.45, 7) is 8.90. The molecule has 0 fully saturated rings. The zero-order valence-corrected chi connectivity index (χ0v) is 20.3. The lowest BCUT2D eigenvalue weighted by molar-refractivity contribution is -0.404. The van der Waals surface area contributed by atoms with Crippen LogP contribution in [0.1, 0.15) is 27.2 Å². The van der Waals surface area contributed by atoms with Crippen molar-refractivity contribution in [2.45, 2.75) is 27.2 Å².